The fraction of sp³-hybridized carbons (Fsp3) is 0.235. The molecule has 0 radical (unpaired) electrons. The average Bonchev–Trinajstić information content (AvgIpc) is 3.00. The Hall–Kier alpha value is -2.52. The number of carbonyl (C=O) groups is 1. The predicted molar refractivity (Wildman–Crippen MR) is 102 cm³/mol. The van der Waals surface area contributed by atoms with Gasteiger partial charge in [-0.1, -0.05) is 30.0 Å². The molecule has 9 heteroatoms. The molecule has 3 aromatic rings. The van der Waals surface area contributed by atoms with Gasteiger partial charge in [0.15, 0.2) is 0 Å². The van der Waals surface area contributed by atoms with E-state index in [-0.39, 0.29) is 10.7 Å². The van der Waals surface area contributed by atoms with Gasteiger partial charge in [0.2, 0.25) is 11.8 Å². The van der Waals surface area contributed by atoms with E-state index < -0.39 is 0 Å². The van der Waals surface area contributed by atoms with Crippen LogP contribution in [0.5, 0.6) is 0 Å². The van der Waals surface area contributed by atoms with Crippen LogP contribution in [0.4, 0.5) is 5.95 Å². The molecule has 3 rings (SSSR count). The van der Waals surface area contributed by atoms with Gasteiger partial charge in [-0.3, -0.25) is 4.79 Å². The fourth-order valence-electron chi connectivity index (χ4n) is 2.14. The van der Waals surface area contributed by atoms with Crippen LogP contribution in [0.15, 0.2) is 45.8 Å². The molecule has 0 fully saturated rings. The molecule has 0 atom stereocenters. The summed E-state index contributed by atoms with van der Waals surface area (Å²) < 4.78 is 6.57. The zero-order valence-electron chi connectivity index (χ0n) is 14.5. The third-order valence-electron chi connectivity index (χ3n) is 3.37. The van der Waals surface area contributed by atoms with Crippen molar-refractivity contribution in [2.75, 3.05) is 19.0 Å². The van der Waals surface area contributed by atoms with Crippen LogP contribution in [0.25, 0.3) is 0 Å². The number of benzene rings is 1. The van der Waals surface area contributed by atoms with Crippen molar-refractivity contribution in [2.45, 2.75) is 17.7 Å². The Balaban J connectivity index is 1.76. The van der Waals surface area contributed by atoms with Gasteiger partial charge >= 0.3 is 0 Å². The first-order chi connectivity index (χ1) is 12.4. The minimum absolute atomic E-state index is 0.0299. The van der Waals surface area contributed by atoms with Gasteiger partial charge in [-0.05, 0) is 37.3 Å². The minimum atomic E-state index is -0.316. The molecule has 0 bridgehead atoms. The quantitative estimate of drug-likeness (QED) is 0.375. The van der Waals surface area contributed by atoms with Crippen LogP contribution in [0.3, 0.4) is 0 Å². The Labute approximate surface area is 160 Å². The van der Waals surface area contributed by atoms with Crippen LogP contribution >= 0.6 is 24.0 Å². The Morgan fingerprint density at radius 1 is 1.27 bits per heavy atom. The molecule has 0 unspecified atom stereocenters. The van der Waals surface area contributed by atoms with E-state index in [4.69, 9.17) is 16.6 Å². The zero-order valence-corrected chi connectivity index (χ0v) is 16.2. The topological polar surface area (TPSA) is 77.0 Å². The second kappa shape index (κ2) is 7.79. The third kappa shape index (κ3) is 4.17. The van der Waals surface area contributed by atoms with Gasteiger partial charge in [-0.15, -0.1) is 9.78 Å². The largest absolute Gasteiger partial charge is 0.413 e. The minimum Gasteiger partial charge on any atom is -0.413 e. The number of anilines is 1. The van der Waals surface area contributed by atoms with E-state index in [1.807, 2.05) is 38.1 Å². The maximum atomic E-state index is 12.5. The smallest absolute Gasteiger partial charge is 0.294 e. The third-order valence-corrected chi connectivity index (χ3v) is 4.52. The molecule has 0 aliphatic rings. The lowest BCUT2D eigenvalue weighted by atomic mass is 10.2. The zero-order chi connectivity index (χ0) is 18.7. The molecule has 0 aliphatic heterocycles. The Kier molecular flexibility index (Phi) is 5.48. The molecular formula is C17H17N5O2S2. The second-order valence-corrected chi connectivity index (χ2v) is 7.02. The standard InChI is InChI=1S/C17H17N5O2S2/c1-11-9-14(19-16(18-11)21(2)3)26-10-13-20-22(17(25)24-13)15(23)12-7-5-4-6-8-12/h4-9H,10H2,1-3H3. The molecule has 7 nitrogen and oxygen atoms in total. The molecule has 0 saturated carbocycles. The first-order valence-electron chi connectivity index (χ1n) is 7.78. The molecule has 134 valence electrons. The van der Waals surface area contributed by atoms with Gasteiger partial charge in [0.25, 0.3) is 10.7 Å². The van der Waals surface area contributed by atoms with Crippen LogP contribution in [0.2, 0.25) is 0 Å². The summed E-state index contributed by atoms with van der Waals surface area (Å²) in [4.78, 5) is 23.2. The summed E-state index contributed by atoms with van der Waals surface area (Å²) in [5, 5.41) is 5.00. The monoisotopic (exact) mass is 387 g/mol. The van der Waals surface area contributed by atoms with E-state index in [1.165, 1.54) is 11.8 Å². The van der Waals surface area contributed by atoms with E-state index in [1.54, 1.807) is 24.3 Å². The molecule has 1 aromatic carbocycles. The highest BCUT2D eigenvalue weighted by atomic mass is 32.2. The summed E-state index contributed by atoms with van der Waals surface area (Å²) in [7, 11) is 3.78. The van der Waals surface area contributed by atoms with Gasteiger partial charge in [-0.2, -0.15) is 0 Å². The van der Waals surface area contributed by atoms with Crippen molar-refractivity contribution in [1.29, 1.82) is 0 Å². The van der Waals surface area contributed by atoms with Crippen molar-refractivity contribution in [3.8, 4) is 0 Å². The van der Waals surface area contributed by atoms with Gasteiger partial charge in [0, 0.05) is 25.4 Å². The Morgan fingerprint density at radius 3 is 2.69 bits per heavy atom. The van der Waals surface area contributed by atoms with Crippen molar-refractivity contribution in [3.63, 3.8) is 0 Å². The first kappa shape index (κ1) is 18.3. The average molecular weight is 387 g/mol. The number of aromatic nitrogens is 4. The van der Waals surface area contributed by atoms with E-state index in [0.717, 1.165) is 15.4 Å². The number of thioether (sulfide) groups is 1. The summed E-state index contributed by atoms with van der Waals surface area (Å²) in [6, 6.07) is 10.7. The van der Waals surface area contributed by atoms with Gasteiger partial charge in [-0.25, -0.2) is 9.97 Å². The molecule has 26 heavy (non-hydrogen) atoms. The van der Waals surface area contributed by atoms with Gasteiger partial charge in [0.05, 0.1) is 5.75 Å². The van der Waals surface area contributed by atoms with Crippen molar-refractivity contribution < 1.29 is 9.21 Å². The molecule has 0 N–H and O–H groups in total. The van der Waals surface area contributed by atoms with Crippen LogP contribution in [-0.4, -0.2) is 39.8 Å². The van der Waals surface area contributed by atoms with E-state index >= 15 is 0 Å². The van der Waals surface area contributed by atoms with Crippen molar-refractivity contribution in [1.82, 2.24) is 19.7 Å². The van der Waals surface area contributed by atoms with Crippen LogP contribution in [-0.2, 0) is 5.75 Å². The number of nitrogens with zero attached hydrogens (tertiary/aromatic N) is 5. The summed E-state index contributed by atoms with van der Waals surface area (Å²) >= 11 is 6.57. The van der Waals surface area contributed by atoms with Crippen molar-refractivity contribution in [2.24, 2.45) is 0 Å². The summed E-state index contributed by atoms with van der Waals surface area (Å²) in [6.07, 6.45) is 0. The number of rotatable bonds is 5. The van der Waals surface area contributed by atoms with Crippen LogP contribution < -0.4 is 4.90 Å². The SMILES string of the molecule is Cc1cc(SCc2nn(C(=O)c3ccccc3)c(=S)o2)nc(N(C)C)n1. The molecule has 0 saturated heterocycles. The van der Waals surface area contributed by atoms with Crippen molar-refractivity contribution in [3.05, 3.63) is 58.4 Å². The molecule has 0 aliphatic carbocycles. The summed E-state index contributed by atoms with van der Waals surface area (Å²) in [5.74, 6) is 1.09. The number of hydrogen-bond donors (Lipinski definition) is 0. The van der Waals surface area contributed by atoms with Crippen molar-refractivity contribution >= 4 is 35.8 Å². The van der Waals surface area contributed by atoms with Gasteiger partial charge in [0.1, 0.15) is 5.03 Å². The maximum Gasteiger partial charge on any atom is 0.294 e. The van der Waals surface area contributed by atoms with Gasteiger partial charge < -0.3 is 9.32 Å². The first-order valence-corrected chi connectivity index (χ1v) is 9.18. The highest BCUT2D eigenvalue weighted by Crippen LogP contribution is 2.22. The van der Waals surface area contributed by atoms with E-state index in [0.29, 0.717) is 23.2 Å². The normalized spacial score (nSPS) is 10.7. The van der Waals surface area contributed by atoms with E-state index in [2.05, 4.69) is 15.1 Å². The highest BCUT2D eigenvalue weighted by molar-refractivity contribution is 7.98. The number of hydrogen-bond acceptors (Lipinski definition) is 8. The predicted octanol–water partition coefficient (Wildman–Crippen LogP) is 3.35. The van der Waals surface area contributed by atoms with E-state index in [9.17, 15) is 4.79 Å². The molecule has 2 aromatic heterocycles. The maximum absolute atomic E-state index is 12.5. The van der Waals surface area contributed by atoms with Crippen LogP contribution in [0, 0.1) is 11.8 Å². The Morgan fingerprint density at radius 2 is 2.00 bits per heavy atom. The lowest BCUT2D eigenvalue weighted by Gasteiger charge is -2.11. The Bertz CT molecular complexity index is 982. The fourth-order valence-corrected chi connectivity index (χ4v) is 3.15. The molecule has 2 heterocycles. The number of carbonyl (C=O) groups excluding carboxylic acids is 1. The summed E-state index contributed by atoms with van der Waals surface area (Å²) in [6.45, 7) is 1.91. The summed E-state index contributed by atoms with van der Waals surface area (Å²) in [5.41, 5.74) is 1.37. The second-order valence-electron chi connectivity index (χ2n) is 5.68. The van der Waals surface area contributed by atoms with Crippen LogP contribution in [0.1, 0.15) is 21.9 Å². The molecule has 0 amide bonds. The lowest BCUT2D eigenvalue weighted by molar-refractivity contribution is 0.0940. The highest BCUT2D eigenvalue weighted by Gasteiger charge is 2.15. The molecular weight excluding hydrogens is 370 g/mol. The number of aryl methyl sites for hydroxylation is 1. The molecule has 0 spiro atoms. The lowest BCUT2D eigenvalue weighted by Crippen LogP contribution is -2.14.